The van der Waals surface area contributed by atoms with E-state index in [1.54, 1.807) is 0 Å². The fraction of sp³-hybridized carbons (Fsp3) is 0. The standard InChI is InChI=1S/Ca.Na.2H4O7P2.3H/c;;2*1-8(2,3)7-9(4,5)6;;;/h;;2*(H2,1,2,3)(H2,4,5,6);;;. The van der Waals surface area contributed by atoms with Crippen molar-refractivity contribution in [1.82, 2.24) is 0 Å². The Kier molecular flexibility index (Phi) is 17.4. The number of rotatable bonds is 4. The minimum absolute atomic E-state index is 0. The summed E-state index contributed by atoms with van der Waals surface area (Å²) in [5.41, 5.74) is 0. The zero-order chi connectivity index (χ0) is 15.4. The van der Waals surface area contributed by atoms with Crippen LogP contribution in [-0.4, -0.2) is 106 Å². The van der Waals surface area contributed by atoms with Gasteiger partial charge in [-0.05, 0) is 0 Å². The van der Waals surface area contributed by atoms with E-state index in [1.807, 2.05) is 0 Å². The van der Waals surface area contributed by atoms with E-state index in [9.17, 15) is 18.3 Å². The molecule has 0 radical (unpaired) electrons. The molecule has 0 aromatic rings. The monoisotopic (exact) mass is 422 g/mol. The van der Waals surface area contributed by atoms with Crippen LogP contribution in [0, 0.1) is 0 Å². The van der Waals surface area contributed by atoms with Gasteiger partial charge in [0.05, 0.1) is 0 Å². The van der Waals surface area contributed by atoms with Gasteiger partial charge in [0.25, 0.3) is 0 Å². The molecule has 8 N–H and O–H groups in total. The van der Waals surface area contributed by atoms with Crippen molar-refractivity contribution in [3.05, 3.63) is 0 Å². The van der Waals surface area contributed by atoms with Gasteiger partial charge in [0.2, 0.25) is 0 Å². The predicted molar refractivity (Wildman–Crippen MR) is 66.0 cm³/mol. The number of hydrogen-bond acceptors (Lipinski definition) is 6. The van der Waals surface area contributed by atoms with Gasteiger partial charge in [0, 0.05) is 0 Å². The molecule has 0 amide bonds. The Labute approximate surface area is 163 Å². The molecule has 0 fully saturated rings. The van der Waals surface area contributed by atoms with Gasteiger partial charge in [-0.2, -0.15) is 8.62 Å². The van der Waals surface area contributed by atoms with Gasteiger partial charge in [-0.1, -0.05) is 0 Å². The Morgan fingerprint density at radius 1 is 0.500 bits per heavy atom. The van der Waals surface area contributed by atoms with E-state index in [2.05, 4.69) is 8.62 Å². The summed E-state index contributed by atoms with van der Waals surface area (Å²) in [5.74, 6) is 0. The Bertz CT molecular complexity index is 348. The number of phosphoric acid groups is 4. The first kappa shape index (κ1) is 30.6. The van der Waals surface area contributed by atoms with Crippen molar-refractivity contribution in [2.24, 2.45) is 0 Å². The summed E-state index contributed by atoms with van der Waals surface area (Å²) in [5, 5.41) is 0. The van der Waals surface area contributed by atoms with Gasteiger partial charge in [0.1, 0.15) is 0 Å². The molecule has 0 bridgehead atoms. The van der Waals surface area contributed by atoms with Gasteiger partial charge >= 0.3 is 98.6 Å². The van der Waals surface area contributed by atoms with Crippen LogP contribution in [0.3, 0.4) is 0 Å². The molecule has 0 unspecified atom stereocenters. The molecular formula is H11CaNaO14P4. The molecule has 0 saturated carbocycles. The van der Waals surface area contributed by atoms with E-state index in [4.69, 9.17) is 39.1 Å². The third-order valence-corrected chi connectivity index (χ3v) is 3.83. The van der Waals surface area contributed by atoms with Crippen molar-refractivity contribution in [3.63, 3.8) is 0 Å². The van der Waals surface area contributed by atoms with Crippen molar-refractivity contribution in [2.75, 3.05) is 0 Å². The maximum absolute atomic E-state index is 9.63. The van der Waals surface area contributed by atoms with Crippen LogP contribution in [0.25, 0.3) is 0 Å². The molecule has 0 aliphatic heterocycles. The van der Waals surface area contributed by atoms with Gasteiger partial charge in [-0.3, -0.25) is 0 Å². The minimum atomic E-state index is -5.05. The van der Waals surface area contributed by atoms with Crippen molar-refractivity contribution in [3.8, 4) is 0 Å². The Hall–Kier alpha value is 2.78. The molecule has 0 saturated heterocycles. The molecule has 0 heterocycles. The van der Waals surface area contributed by atoms with Crippen LogP contribution in [0.4, 0.5) is 0 Å². The van der Waals surface area contributed by atoms with E-state index in [1.165, 1.54) is 0 Å². The van der Waals surface area contributed by atoms with E-state index in [-0.39, 0.29) is 67.3 Å². The van der Waals surface area contributed by atoms with Crippen LogP contribution in [0.1, 0.15) is 0 Å². The van der Waals surface area contributed by atoms with Crippen LogP contribution < -0.4 is 0 Å². The molecule has 0 spiro atoms. The summed E-state index contributed by atoms with van der Waals surface area (Å²) in [4.78, 5) is 62.0. The Balaban J connectivity index is -0.000000116. The summed E-state index contributed by atoms with van der Waals surface area (Å²) in [6.07, 6.45) is 0. The molecule has 0 aliphatic rings. The van der Waals surface area contributed by atoms with Crippen molar-refractivity contribution < 1.29 is 66.0 Å². The third-order valence-electron chi connectivity index (χ3n) is 0.425. The van der Waals surface area contributed by atoms with Gasteiger partial charge in [-0.15, -0.1) is 0 Å². The first-order valence-corrected chi connectivity index (χ1v) is 9.18. The summed E-state index contributed by atoms with van der Waals surface area (Å²) in [6.45, 7) is 0. The first-order valence-electron chi connectivity index (χ1n) is 3.06. The van der Waals surface area contributed by atoms with Crippen LogP contribution in [0.2, 0.25) is 0 Å². The molecule has 0 aromatic carbocycles. The van der Waals surface area contributed by atoms with Crippen LogP contribution in [0.15, 0.2) is 0 Å². The number of hydrogen-bond donors (Lipinski definition) is 8. The Morgan fingerprint density at radius 3 is 0.600 bits per heavy atom. The molecule has 14 nitrogen and oxygen atoms in total. The second-order valence-corrected chi connectivity index (χ2v) is 7.36. The predicted octanol–water partition coefficient (Wildman–Crippen LogP) is -3.19. The second-order valence-electron chi connectivity index (χ2n) is 2.13. The summed E-state index contributed by atoms with van der Waals surface area (Å²) < 4.78 is 44.4. The van der Waals surface area contributed by atoms with Gasteiger partial charge < -0.3 is 39.1 Å². The zero-order valence-electron chi connectivity index (χ0n) is 7.82. The summed E-state index contributed by atoms with van der Waals surface area (Å²) in [6, 6.07) is 0. The second kappa shape index (κ2) is 11.4. The molecule has 0 aliphatic carbocycles. The zero-order valence-corrected chi connectivity index (χ0v) is 11.4. The van der Waals surface area contributed by atoms with Crippen LogP contribution in [-0.2, 0) is 26.9 Å². The molecule has 0 atom stereocenters. The van der Waals surface area contributed by atoms with Crippen LogP contribution >= 0.6 is 31.3 Å². The third kappa shape index (κ3) is 37.2. The Morgan fingerprint density at radius 2 is 0.600 bits per heavy atom. The fourth-order valence-corrected chi connectivity index (χ4v) is 2.49. The topological polar surface area (TPSA) is 249 Å². The van der Waals surface area contributed by atoms with Crippen molar-refractivity contribution in [1.29, 1.82) is 0 Å². The molecule has 20 heavy (non-hydrogen) atoms. The normalized spacial score (nSPS) is 12.4. The van der Waals surface area contributed by atoms with Gasteiger partial charge in [-0.25, -0.2) is 18.3 Å². The quantitative estimate of drug-likeness (QED) is 0.164. The maximum atomic E-state index is 9.63. The molecule has 20 heteroatoms. The SMILES string of the molecule is O=P(O)(O)OP(=O)(O)O.O=P(O)(O)OP(=O)(O)O.[CaH2].[NaH]. The van der Waals surface area contributed by atoms with Crippen molar-refractivity contribution >= 4 is 98.6 Å². The van der Waals surface area contributed by atoms with E-state index >= 15 is 0 Å². The summed E-state index contributed by atoms with van der Waals surface area (Å²) >= 11 is 0. The van der Waals surface area contributed by atoms with Gasteiger partial charge in [0.15, 0.2) is 0 Å². The molecule has 0 aromatic heterocycles. The summed E-state index contributed by atoms with van der Waals surface area (Å²) in [7, 11) is -20.2. The average molecular weight is 422 g/mol. The van der Waals surface area contributed by atoms with Crippen LogP contribution in [0.5, 0.6) is 0 Å². The van der Waals surface area contributed by atoms with E-state index in [0.29, 0.717) is 0 Å². The fourth-order valence-electron chi connectivity index (χ4n) is 0.277. The molecule has 118 valence electrons. The van der Waals surface area contributed by atoms with Crippen molar-refractivity contribution in [2.45, 2.75) is 0 Å². The molecule has 0 rings (SSSR count). The average Bonchev–Trinajstić information content (AvgIpc) is 1.64. The van der Waals surface area contributed by atoms with E-state index < -0.39 is 31.3 Å². The first-order chi connectivity index (χ1) is 7.41. The van der Waals surface area contributed by atoms with E-state index in [0.717, 1.165) is 0 Å². The molecular weight excluding hydrogens is 411 g/mol.